The van der Waals surface area contributed by atoms with E-state index in [4.69, 9.17) is 4.74 Å². The number of fused-ring (bicyclic) bond motifs is 1. The predicted octanol–water partition coefficient (Wildman–Crippen LogP) is 1.89. The number of morpholine rings is 1. The van der Waals surface area contributed by atoms with Crippen molar-refractivity contribution in [2.45, 2.75) is 11.9 Å². The molecule has 1 aliphatic heterocycles. The van der Waals surface area contributed by atoms with Crippen LogP contribution in [-0.2, 0) is 9.53 Å². The number of thioether (sulfide) groups is 1. The molecular formula is C15H17N3O2S. The number of hydrogen-bond acceptors (Lipinski definition) is 5. The van der Waals surface area contributed by atoms with Gasteiger partial charge in [0.25, 0.3) is 0 Å². The van der Waals surface area contributed by atoms with Gasteiger partial charge < -0.3 is 9.64 Å². The van der Waals surface area contributed by atoms with Gasteiger partial charge >= 0.3 is 0 Å². The number of para-hydroxylation sites is 1. The maximum atomic E-state index is 12.2. The summed E-state index contributed by atoms with van der Waals surface area (Å²) in [4.78, 5) is 22.9. The van der Waals surface area contributed by atoms with E-state index in [2.05, 4.69) is 9.97 Å². The quantitative estimate of drug-likeness (QED) is 0.640. The van der Waals surface area contributed by atoms with Crippen LogP contribution in [0.2, 0.25) is 0 Å². The predicted molar refractivity (Wildman–Crippen MR) is 82.4 cm³/mol. The van der Waals surface area contributed by atoms with Gasteiger partial charge in [-0.3, -0.25) is 4.79 Å². The van der Waals surface area contributed by atoms with Crippen LogP contribution in [0.3, 0.4) is 0 Å². The van der Waals surface area contributed by atoms with Crippen molar-refractivity contribution in [1.82, 2.24) is 14.9 Å². The molecule has 0 atom stereocenters. The summed E-state index contributed by atoms with van der Waals surface area (Å²) in [6.45, 7) is 4.50. The van der Waals surface area contributed by atoms with Gasteiger partial charge in [0.05, 0.1) is 24.5 Å². The summed E-state index contributed by atoms with van der Waals surface area (Å²) in [7, 11) is 0. The van der Waals surface area contributed by atoms with Crippen LogP contribution in [0.4, 0.5) is 0 Å². The lowest BCUT2D eigenvalue weighted by atomic mass is 10.2. The molecule has 1 saturated heterocycles. The molecule has 2 heterocycles. The molecule has 0 saturated carbocycles. The van der Waals surface area contributed by atoms with E-state index in [-0.39, 0.29) is 5.91 Å². The first kappa shape index (κ1) is 14.3. The van der Waals surface area contributed by atoms with Crippen LogP contribution in [0.15, 0.2) is 29.3 Å². The molecule has 0 bridgehead atoms. The van der Waals surface area contributed by atoms with Crippen LogP contribution >= 0.6 is 11.8 Å². The summed E-state index contributed by atoms with van der Waals surface area (Å²) in [6, 6.07) is 7.89. The van der Waals surface area contributed by atoms with Crippen molar-refractivity contribution in [3.63, 3.8) is 0 Å². The highest BCUT2D eigenvalue weighted by molar-refractivity contribution is 8.00. The summed E-state index contributed by atoms with van der Waals surface area (Å²) in [5, 5.41) is 1.88. The zero-order valence-electron chi connectivity index (χ0n) is 11.9. The molecule has 5 nitrogen and oxygen atoms in total. The van der Waals surface area contributed by atoms with Gasteiger partial charge in [0.2, 0.25) is 5.91 Å². The maximum absolute atomic E-state index is 12.2. The maximum Gasteiger partial charge on any atom is 0.233 e. The fourth-order valence-corrected chi connectivity index (χ4v) is 3.27. The second-order valence-electron chi connectivity index (χ2n) is 4.87. The number of aryl methyl sites for hydroxylation is 1. The fraction of sp³-hybridized carbons (Fsp3) is 0.400. The normalized spacial score (nSPS) is 15.4. The average molecular weight is 303 g/mol. The number of amides is 1. The number of carbonyl (C=O) groups excluding carboxylic acids is 1. The van der Waals surface area contributed by atoms with Gasteiger partial charge in [-0.2, -0.15) is 0 Å². The number of nitrogens with zero attached hydrogens (tertiary/aromatic N) is 3. The van der Waals surface area contributed by atoms with Gasteiger partial charge in [-0.1, -0.05) is 30.0 Å². The van der Waals surface area contributed by atoms with E-state index in [0.29, 0.717) is 32.1 Å². The Bertz CT molecular complexity index is 656. The Labute approximate surface area is 127 Å². The molecule has 1 fully saturated rings. The molecule has 0 spiro atoms. The van der Waals surface area contributed by atoms with Crippen molar-refractivity contribution >= 4 is 28.6 Å². The molecule has 2 aromatic rings. The lowest BCUT2D eigenvalue weighted by Crippen LogP contribution is -2.41. The van der Waals surface area contributed by atoms with E-state index >= 15 is 0 Å². The van der Waals surface area contributed by atoms with Gasteiger partial charge in [-0.15, -0.1) is 0 Å². The van der Waals surface area contributed by atoms with Gasteiger partial charge in [-0.25, -0.2) is 9.97 Å². The Kier molecular flexibility index (Phi) is 4.36. The molecule has 1 aromatic carbocycles. The third-order valence-electron chi connectivity index (χ3n) is 3.38. The largest absolute Gasteiger partial charge is 0.378 e. The van der Waals surface area contributed by atoms with Crippen LogP contribution in [0.1, 0.15) is 5.82 Å². The van der Waals surface area contributed by atoms with Crippen molar-refractivity contribution in [3.8, 4) is 0 Å². The Morgan fingerprint density at radius 1 is 1.29 bits per heavy atom. The Balaban J connectivity index is 1.74. The number of hydrogen-bond donors (Lipinski definition) is 0. The third-order valence-corrected chi connectivity index (χ3v) is 4.35. The number of ether oxygens (including phenoxy) is 1. The number of rotatable bonds is 3. The van der Waals surface area contributed by atoms with Gasteiger partial charge in [0.1, 0.15) is 10.9 Å². The van der Waals surface area contributed by atoms with Crippen molar-refractivity contribution in [3.05, 3.63) is 30.1 Å². The van der Waals surface area contributed by atoms with Crippen LogP contribution in [0, 0.1) is 6.92 Å². The molecule has 1 amide bonds. The minimum absolute atomic E-state index is 0.142. The number of benzene rings is 1. The molecule has 110 valence electrons. The van der Waals surface area contributed by atoms with Crippen LogP contribution in [-0.4, -0.2) is 52.8 Å². The van der Waals surface area contributed by atoms with Crippen molar-refractivity contribution in [2.75, 3.05) is 32.1 Å². The van der Waals surface area contributed by atoms with Crippen molar-refractivity contribution in [1.29, 1.82) is 0 Å². The molecule has 0 radical (unpaired) electrons. The lowest BCUT2D eigenvalue weighted by Gasteiger charge is -2.26. The minimum Gasteiger partial charge on any atom is -0.378 e. The Morgan fingerprint density at radius 3 is 2.86 bits per heavy atom. The number of aromatic nitrogens is 2. The molecule has 6 heteroatoms. The second-order valence-corrected chi connectivity index (χ2v) is 5.84. The summed E-state index contributed by atoms with van der Waals surface area (Å²) >= 11 is 1.48. The second kappa shape index (κ2) is 6.41. The molecule has 1 aliphatic rings. The monoisotopic (exact) mass is 303 g/mol. The van der Waals surface area contributed by atoms with Crippen molar-refractivity contribution < 1.29 is 9.53 Å². The summed E-state index contributed by atoms with van der Waals surface area (Å²) in [6.07, 6.45) is 0. The first-order valence-electron chi connectivity index (χ1n) is 6.96. The van der Waals surface area contributed by atoms with E-state index in [1.165, 1.54) is 11.8 Å². The first-order chi connectivity index (χ1) is 10.2. The zero-order valence-corrected chi connectivity index (χ0v) is 12.7. The minimum atomic E-state index is 0.142. The zero-order chi connectivity index (χ0) is 14.7. The van der Waals surface area contributed by atoms with Crippen molar-refractivity contribution in [2.24, 2.45) is 0 Å². The Hall–Kier alpha value is -1.66. The summed E-state index contributed by atoms with van der Waals surface area (Å²) in [5.74, 6) is 1.28. The van der Waals surface area contributed by atoms with Gasteiger partial charge in [0, 0.05) is 18.5 Å². The highest BCUT2D eigenvalue weighted by Gasteiger charge is 2.17. The first-order valence-corrected chi connectivity index (χ1v) is 7.94. The molecule has 0 N–H and O–H groups in total. The van der Waals surface area contributed by atoms with Gasteiger partial charge in [0.15, 0.2) is 0 Å². The highest BCUT2D eigenvalue weighted by Crippen LogP contribution is 2.25. The van der Waals surface area contributed by atoms with Crippen LogP contribution in [0.5, 0.6) is 0 Å². The molecule has 0 aliphatic carbocycles. The molecule has 21 heavy (non-hydrogen) atoms. The van der Waals surface area contributed by atoms with Gasteiger partial charge in [-0.05, 0) is 13.0 Å². The smallest absolute Gasteiger partial charge is 0.233 e. The number of carbonyl (C=O) groups is 1. The molecule has 3 rings (SSSR count). The molecule has 1 aromatic heterocycles. The average Bonchev–Trinajstić information content (AvgIpc) is 2.53. The van der Waals surface area contributed by atoms with E-state index in [1.807, 2.05) is 36.1 Å². The standard InChI is InChI=1S/C15H17N3O2S/c1-11-16-13-5-3-2-4-12(13)15(17-11)21-10-14(19)18-6-8-20-9-7-18/h2-5H,6-10H2,1H3. The van der Waals surface area contributed by atoms with E-state index in [0.717, 1.165) is 21.8 Å². The van der Waals surface area contributed by atoms with E-state index in [1.54, 1.807) is 0 Å². The Morgan fingerprint density at radius 2 is 2.05 bits per heavy atom. The molecule has 0 unspecified atom stereocenters. The third kappa shape index (κ3) is 3.33. The fourth-order valence-electron chi connectivity index (χ4n) is 2.30. The topological polar surface area (TPSA) is 55.3 Å². The molecular weight excluding hydrogens is 286 g/mol. The lowest BCUT2D eigenvalue weighted by molar-refractivity contribution is -0.132. The van der Waals surface area contributed by atoms with Crippen LogP contribution < -0.4 is 0 Å². The summed E-state index contributed by atoms with van der Waals surface area (Å²) < 4.78 is 5.26. The van der Waals surface area contributed by atoms with Crippen LogP contribution in [0.25, 0.3) is 10.9 Å². The summed E-state index contributed by atoms with van der Waals surface area (Å²) in [5.41, 5.74) is 0.923. The SMILES string of the molecule is Cc1nc(SCC(=O)N2CCOCC2)c2ccccc2n1. The highest BCUT2D eigenvalue weighted by atomic mass is 32.2. The van der Waals surface area contributed by atoms with E-state index < -0.39 is 0 Å². The van der Waals surface area contributed by atoms with E-state index in [9.17, 15) is 4.79 Å².